The van der Waals surface area contributed by atoms with E-state index in [9.17, 15) is 19.5 Å². The minimum atomic E-state index is -0.399. The number of aliphatic hydroxyl groups is 2. The number of methoxy groups -OCH3 is 2. The van der Waals surface area contributed by atoms with Gasteiger partial charge in [-0.15, -0.1) is 0 Å². The van der Waals surface area contributed by atoms with Crippen molar-refractivity contribution in [2.24, 2.45) is 0 Å². The molecule has 2 aromatic carbocycles. The number of aliphatic hydroxyl groups excluding tert-OH is 2. The Morgan fingerprint density at radius 2 is 1.18 bits per heavy atom. The molecule has 13 heteroatoms. The first-order chi connectivity index (χ1) is 19.9. The molecule has 229 valence electrons. The first-order valence-electron chi connectivity index (χ1n) is 13.0. The molecule has 3 radical (unpaired) electrons. The van der Waals surface area contributed by atoms with Crippen molar-refractivity contribution in [2.45, 2.75) is 48.1 Å². The molecule has 0 aliphatic carbocycles. The largest absolute Gasteiger partial charge is 1.00 e. The number of hydrogen-bond donors (Lipinski definition) is 4. The van der Waals surface area contributed by atoms with E-state index in [0.29, 0.717) is 39.7 Å². The van der Waals surface area contributed by atoms with Crippen molar-refractivity contribution in [2.75, 3.05) is 21.3 Å². The van der Waals surface area contributed by atoms with Gasteiger partial charge in [0.1, 0.15) is 17.3 Å². The van der Waals surface area contributed by atoms with Gasteiger partial charge in [0.05, 0.1) is 49.0 Å². The van der Waals surface area contributed by atoms with Gasteiger partial charge in [0.15, 0.2) is 6.29 Å². The summed E-state index contributed by atoms with van der Waals surface area (Å²) < 4.78 is 9.57. The van der Waals surface area contributed by atoms with E-state index in [1.54, 1.807) is 19.1 Å². The van der Waals surface area contributed by atoms with Crippen LogP contribution in [0.25, 0.3) is 22.5 Å². The predicted octanol–water partition coefficient (Wildman–Crippen LogP) is 1.23. The molecule has 0 aliphatic rings. The van der Waals surface area contributed by atoms with Crippen molar-refractivity contribution in [3.05, 3.63) is 80.7 Å². The number of aromatic amines is 2. The molecule has 0 fully saturated rings. The molecule has 44 heavy (non-hydrogen) atoms. The summed E-state index contributed by atoms with van der Waals surface area (Å²) >= 11 is 0. The van der Waals surface area contributed by atoms with Gasteiger partial charge in [0, 0.05) is 26.6 Å². The summed E-state index contributed by atoms with van der Waals surface area (Å²) in [4.78, 5) is 49.3. The molecule has 2 heterocycles. The third-order valence-corrected chi connectivity index (χ3v) is 6.49. The fourth-order valence-corrected chi connectivity index (χ4v) is 4.55. The van der Waals surface area contributed by atoms with Gasteiger partial charge in [-0.05, 0) is 75.9 Å². The van der Waals surface area contributed by atoms with Crippen molar-refractivity contribution in [1.29, 1.82) is 0 Å². The third-order valence-electron chi connectivity index (χ3n) is 6.49. The monoisotopic (exact) mass is 613 g/mol. The molecular formula is C31H39BN4NaO7. The van der Waals surface area contributed by atoms with Gasteiger partial charge in [-0.2, -0.15) is 0 Å². The molecule has 2 aromatic heterocycles. The van der Waals surface area contributed by atoms with Gasteiger partial charge in [0.2, 0.25) is 0 Å². The maximum atomic E-state index is 11.8. The Morgan fingerprint density at radius 3 is 1.59 bits per heavy atom. The summed E-state index contributed by atoms with van der Waals surface area (Å²) in [6, 6.07) is 7.30. The maximum absolute atomic E-state index is 11.8. The molecule has 4 rings (SSSR count). The van der Waals surface area contributed by atoms with Crippen molar-refractivity contribution in [1.82, 2.24) is 19.9 Å². The molecule has 4 aromatic rings. The van der Waals surface area contributed by atoms with E-state index in [4.69, 9.17) is 14.6 Å². The number of H-pyrrole nitrogens is 2. The number of nitrogens with zero attached hydrogens (tertiary/aromatic N) is 2. The van der Waals surface area contributed by atoms with E-state index in [-0.39, 0.29) is 52.0 Å². The normalized spacial score (nSPS) is 9.70. The summed E-state index contributed by atoms with van der Waals surface area (Å²) in [5.41, 5.74) is 8.48. The average Bonchev–Trinajstić information content (AvgIpc) is 3.55. The van der Waals surface area contributed by atoms with Crippen LogP contribution < -0.4 is 29.6 Å². The molecule has 11 nitrogen and oxygen atoms in total. The number of aromatic nitrogens is 4. The number of benzene rings is 2. The van der Waals surface area contributed by atoms with Crippen LogP contribution in [0.2, 0.25) is 0 Å². The molecular weight excluding hydrogens is 574 g/mol. The van der Waals surface area contributed by atoms with Crippen LogP contribution in [0.5, 0.6) is 0 Å². The summed E-state index contributed by atoms with van der Waals surface area (Å²) in [6.07, 6.45) is 0.729. The summed E-state index contributed by atoms with van der Waals surface area (Å²) in [6.45, 7) is 11.1. The number of ether oxygens (including phenoxy) is 2. The van der Waals surface area contributed by atoms with Crippen molar-refractivity contribution in [3.8, 4) is 22.5 Å². The fraction of sp³-hybridized carbons (Fsp3) is 0.323. The smallest absolute Gasteiger partial charge is 1.00 e. The van der Waals surface area contributed by atoms with Gasteiger partial charge in [-0.3, -0.25) is 4.79 Å². The second kappa shape index (κ2) is 18.3. The number of hydrogen-bond acceptors (Lipinski definition) is 9. The van der Waals surface area contributed by atoms with Crippen LogP contribution in [0.1, 0.15) is 72.2 Å². The second-order valence-corrected chi connectivity index (χ2v) is 9.46. The number of aldehydes is 1. The van der Waals surface area contributed by atoms with Crippen molar-refractivity contribution >= 4 is 26.6 Å². The SMILES string of the molecule is CO.COC(=O)c1cc(-c2nc(C)[nH]c2C=O)c(C)cc1C.COC(=O)c1cc(-c2nc(C)[nH]c2CO)c(C)cc1C.[B].[H-].[Na+]. The van der Waals surface area contributed by atoms with E-state index >= 15 is 0 Å². The number of aryl methyl sites for hydroxylation is 6. The molecule has 0 spiro atoms. The van der Waals surface area contributed by atoms with Gasteiger partial charge < -0.3 is 31.1 Å². The maximum Gasteiger partial charge on any atom is 1.00 e. The Labute approximate surface area is 283 Å². The van der Waals surface area contributed by atoms with Gasteiger partial charge >= 0.3 is 41.5 Å². The zero-order chi connectivity index (χ0) is 31.7. The first kappa shape index (κ1) is 40.5. The molecule has 0 bridgehead atoms. The van der Waals surface area contributed by atoms with Crippen molar-refractivity contribution in [3.63, 3.8) is 0 Å². The Morgan fingerprint density at radius 1 is 0.773 bits per heavy atom. The van der Waals surface area contributed by atoms with Crippen LogP contribution in [-0.4, -0.2) is 78.1 Å². The standard InChI is InChI=1S/C15H18N2O3.C15H16N2O3.CH4O.B.Na.H/c2*1-8-5-9(2)12(15(19)20-4)6-11(8)14-13(7-18)16-10(3)17-14;1-2;;;/h5-6,18H,7H2,1-4H3,(H,16,17);5-7H,1-4H3,(H,16,17);2H,1H3;;;/q;;;;+1;-1. The molecule has 0 saturated heterocycles. The van der Waals surface area contributed by atoms with E-state index in [2.05, 4.69) is 19.9 Å². The van der Waals surface area contributed by atoms with E-state index in [0.717, 1.165) is 52.6 Å². The van der Waals surface area contributed by atoms with E-state index < -0.39 is 5.97 Å². The Balaban J connectivity index is 0. The minimum Gasteiger partial charge on any atom is -1.00 e. The molecule has 0 aliphatic heterocycles. The van der Waals surface area contributed by atoms with E-state index in [1.807, 2.05) is 46.8 Å². The van der Waals surface area contributed by atoms with Crippen LogP contribution in [0, 0.1) is 41.5 Å². The Bertz CT molecular complexity index is 1610. The van der Waals surface area contributed by atoms with Crippen LogP contribution in [0.3, 0.4) is 0 Å². The Kier molecular flexibility index (Phi) is 16.8. The van der Waals surface area contributed by atoms with Crippen molar-refractivity contribution < 1.29 is 65.1 Å². The van der Waals surface area contributed by atoms with E-state index in [1.165, 1.54) is 14.2 Å². The molecule has 0 amide bonds. The summed E-state index contributed by atoms with van der Waals surface area (Å²) in [5, 5.41) is 16.4. The van der Waals surface area contributed by atoms with Gasteiger partial charge in [-0.25, -0.2) is 19.6 Å². The second-order valence-electron chi connectivity index (χ2n) is 9.46. The number of nitrogens with one attached hydrogen (secondary N) is 2. The van der Waals surface area contributed by atoms with Crippen LogP contribution >= 0.6 is 0 Å². The van der Waals surface area contributed by atoms with Crippen LogP contribution in [-0.2, 0) is 16.1 Å². The van der Waals surface area contributed by atoms with Crippen LogP contribution in [0.15, 0.2) is 24.3 Å². The summed E-state index contributed by atoms with van der Waals surface area (Å²) in [7, 11) is 3.70. The first-order valence-corrected chi connectivity index (χ1v) is 13.0. The zero-order valence-corrected chi connectivity index (χ0v) is 29.0. The minimum absolute atomic E-state index is 0. The zero-order valence-electron chi connectivity index (χ0n) is 28.0. The molecule has 0 unspecified atom stereocenters. The van der Waals surface area contributed by atoms with Gasteiger partial charge in [0.25, 0.3) is 0 Å². The molecule has 4 N–H and O–H groups in total. The topological polar surface area (TPSA) is 167 Å². The number of rotatable bonds is 6. The number of carbonyl (C=O) groups excluding carboxylic acids is 3. The Hall–Kier alpha value is -3.55. The number of imidazole rings is 2. The number of carbonyl (C=O) groups is 3. The predicted molar refractivity (Wildman–Crippen MR) is 165 cm³/mol. The fourth-order valence-electron chi connectivity index (χ4n) is 4.55. The summed E-state index contributed by atoms with van der Waals surface area (Å²) in [5.74, 6) is 0.607. The average molecular weight is 613 g/mol. The number of esters is 2. The molecule has 0 saturated carbocycles. The van der Waals surface area contributed by atoms with Crippen LogP contribution in [0.4, 0.5) is 0 Å². The van der Waals surface area contributed by atoms with Gasteiger partial charge in [-0.1, -0.05) is 12.1 Å². The third kappa shape index (κ3) is 9.23. The quantitative estimate of drug-likeness (QED) is 0.142. The molecule has 0 atom stereocenters.